The van der Waals surface area contributed by atoms with Crippen LogP contribution in [0.15, 0.2) is 22.7 Å². The Bertz CT molecular complexity index is 449. The summed E-state index contributed by atoms with van der Waals surface area (Å²) in [7, 11) is 7.67. The third-order valence-corrected chi connectivity index (χ3v) is 3.80. The lowest BCUT2D eigenvalue weighted by Gasteiger charge is -2.19. The molecule has 1 rings (SSSR count). The molecule has 1 aromatic carbocycles. The van der Waals surface area contributed by atoms with Gasteiger partial charge in [-0.05, 0) is 58.3 Å². The zero-order valence-corrected chi connectivity index (χ0v) is 14.2. The summed E-state index contributed by atoms with van der Waals surface area (Å²) in [6.45, 7) is 2.99. The normalized spacial score (nSPS) is 11.2. The van der Waals surface area contributed by atoms with Gasteiger partial charge in [-0.3, -0.25) is 0 Å². The highest BCUT2D eigenvalue weighted by molar-refractivity contribution is 9.10. The van der Waals surface area contributed by atoms with Gasteiger partial charge < -0.3 is 14.5 Å². The number of halogens is 1. The van der Waals surface area contributed by atoms with E-state index in [4.69, 9.17) is 4.74 Å². The predicted molar refractivity (Wildman–Crippen MR) is 85.0 cm³/mol. The van der Waals surface area contributed by atoms with Gasteiger partial charge in [-0.15, -0.1) is 0 Å². The Morgan fingerprint density at radius 1 is 1.25 bits per heavy atom. The minimum Gasteiger partial charge on any atom is -0.465 e. The molecule has 0 saturated carbocycles. The van der Waals surface area contributed by atoms with Crippen molar-refractivity contribution in [1.82, 2.24) is 9.80 Å². The second-order valence-corrected chi connectivity index (χ2v) is 6.05. The molecule has 0 aromatic heterocycles. The first-order chi connectivity index (χ1) is 9.43. The number of methoxy groups -OCH3 is 1. The van der Waals surface area contributed by atoms with Gasteiger partial charge in [0.2, 0.25) is 0 Å². The van der Waals surface area contributed by atoms with Crippen LogP contribution in [-0.2, 0) is 11.3 Å². The largest absolute Gasteiger partial charge is 0.465 e. The number of benzene rings is 1. The molecule has 0 aliphatic carbocycles. The van der Waals surface area contributed by atoms with Gasteiger partial charge in [0, 0.05) is 11.0 Å². The quantitative estimate of drug-likeness (QED) is 0.713. The van der Waals surface area contributed by atoms with Gasteiger partial charge in [-0.25, -0.2) is 4.79 Å². The van der Waals surface area contributed by atoms with Crippen LogP contribution in [0.4, 0.5) is 0 Å². The monoisotopic (exact) mass is 342 g/mol. The van der Waals surface area contributed by atoms with Crippen molar-refractivity contribution >= 4 is 21.9 Å². The van der Waals surface area contributed by atoms with E-state index >= 15 is 0 Å². The highest BCUT2D eigenvalue weighted by Gasteiger charge is 2.09. The van der Waals surface area contributed by atoms with Gasteiger partial charge in [0.25, 0.3) is 0 Å². The van der Waals surface area contributed by atoms with E-state index in [-0.39, 0.29) is 5.97 Å². The van der Waals surface area contributed by atoms with Crippen LogP contribution in [0.2, 0.25) is 0 Å². The average molecular weight is 343 g/mol. The lowest BCUT2D eigenvalue weighted by molar-refractivity contribution is 0.0600. The number of nitrogens with zero attached hydrogens (tertiary/aromatic N) is 2. The molecular weight excluding hydrogens is 320 g/mol. The molecule has 0 saturated heterocycles. The molecule has 20 heavy (non-hydrogen) atoms. The highest BCUT2D eigenvalue weighted by atomic mass is 79.9. The summed E-state index contributed by atoms with van der Waals surface area (Å²) in [4.78, 5) is 15.9. The van der Waals surface area contributed by atoms with Gasteiger partial charge in [-0.1, -0.05) is 22.0 Å². The summed E-state index contributed by atoms with van der Waals surface area (Å²) in [5.74, 6) is -0.309. The number of esters is 1. The summed E-state index contributed by atoms with van der Waals surface area (Å²) in [5, 5.41) is 0. The summed E-state index contributed by atoms with van der Waals surface area (Å²) in [6.07, 6.45) is 1.14. The van der Waals surface area contributed by atoms with E-state index in [1.165, 1.54) is 12.7 Å². The van der Waals surface area contributed by atoms with E-state index in [0.717, 1.165) is 30.5 Å². The van der Waals surface area contributed by atoms with E-state index in [2.05, 4.69) is 46.9 Å². The fourth-order valence-electron chi connectivity index (χ4n) is 1.95. The first-order valence-electron chi connectivity index (χ1n) is 6.64. The van der Waals surface area contributed by atoms with Crippen molar-refractivity contribution in [2.75, 3.05) is 41.3 Å². The molecule has 0 radical (unpaired) electrons. The van der Waals surface area contributed by atoms with Crippen molar-refractivity contribution < 1.29 is 9.53 Å². The fourth-order valence-corrected chi connectivity index (χ4v) is 2.45. The molecule has 5 heteroatoms. The summed E-state index contributed by atoms with van der Waals surface area (Å²) in [5.41, 5.74) is 1.74. The molecule has 0 bridgehead atoms. The van der Waals surface area contributed by atoms with Gasteiger partial charge in [0.15, 0.2) is 0 Å². The SMILES string of the molecule is COC(=O)c1ccc(CN(C)CCCN(C)C)c(Br)c1. The molecule has 0 atom stereocenters. The van der Waals surface area contributed by atoms with Crippen LogP contribution in [0.1, 0.15) is 22.3 Å². The number of ether oxygens (including phenoxy) is 1. The molecule has 0 spiro atoms. The molecule has 1 aromatic rings. The maximum absolute atomic E-state index is 11.4. The Kier molecular flexibility index (Phi) is 7.19. The molecular formula is C15H23BrN2O2. The van der Waals surface area contributed by atoms with Crippen LogP contribution in [0, 0.1) is 0 Å². The van der Waals surface area contributed by atoms with Gasteiger partial charge in [0.1, 0.15) is 0 Å². The van der Waals surface area contributed by atoms with Crippen LogP contribution in [0.3, 0.4) is 0 Å². The van der Waals surface area contributed by atoms with Crippen molar-refractivity contribution in [3.8, 4) is 0 Å². The van der Waals surface area contributed by atoms with Crippen LogP contribution >= 0.6 is 15.9 Å². The topological polar surface area (TPSA) is 32.8 Å². The average Bonchev–Trinajstić information content (AvgIpc) is 2.39. The maximum Gasteiger partial charge on any atom is 0.337 e. The number of carbonyl (C=O) groups is 1. The molecule has 0 heterocycles. The molecule has 0 aliphatic heterocycles. The Morgan fingerprint density at radius 3 is 2.50 bits per heavy atom. The first kappa shape index (κ1) is 17.1. The first-order valence-corrected chi connectivity index (χ1v) is 7.43. The fraction of sp³-hybridized carbons (Fsp3) is 0.533. The minimum absolute atomic E-state index is 0.309. The molecule has 112 valence electrons. The Balaban J connectivity index is 2.57. The zero-order valence-electron chi connectivity index (χ0n) is 12.6. The summed E-state index contributed by atoms with van der Waals surface area (Å²) in [6, 6.07) is 5.59. The molecule has 0 aliphatic rings. The van der Waals surface area contributed by atoms with Crippen molar-refractivity contribution in [2.24, 2.45) is 0 Å². The van der Waals surface area contributed by atoms with E-state index in [1.54, 1.807) is 6.07 Å². The van der Waals surface area contributed by atoms with Crippen LogP contribution < -0.4 is 0 Å². The highest BCUT2D eigenvalue weighted by Crippen LogP contribution is 2.20. The molecule has 4 nitrogen and oxygen atoms in total. The van der Waals surface area contributed by atoms with Gasteiger partial charge in [0.05, 0.1) is 12.7 Å². The maximum atomic E-state index is 11.4. The van der Waals surface area contributed by atoms with Gasteiger partial charge >= 0.3 is 5.97 Å². The Labute approximate surface area is 129 Å². The lowest BCUT2D eigenvalue weighted by Crippen LogP contribution is -2.23. The summed E-state index contributed by atoms with van der Waals surface area (Å²) < 4.78 is 5.66. The standard InChI is InChI=1S/C15H23BrN2O2/c1-17(2)8-5-9-18(3)11-13-7-6-12(10-14(13)16)15(19)20-4/h6-7,10H,5,8-9,11H2,1-4H3. The third-order valence-electron chi connectivity index (χ3n) is 3.06. The van der Waals surface area contributed by atoms with Crippen molar-refractivity contribution in [1.29, 1.82) is 0 Å². The second kappa shape index (κ2) is 8.39. The van der Waals surface area contributed by atoms with E-state index < -0.39 is 0 Å². The van der Waals surface area contributed by atoms with Crippen molar-refractivity contribution in [2.45, 2.75) is 13.0 Å². The number of hydrogen-bond acceptors (Lipinski definition) is 4. The van der Waals surface area contributed by atoms with Gasteiger partial charge in [-0.2, -0.15) is 0 Å². The zero-order chi connectivity index (χ0) is 15.1. The minimum atomic E-state index is -0.309. The molecule has 0 fully saturated rings. The lowest BCUT2D eigenvalue weighted by atomic mass is 10.1. The van der Waals surface area contributed by atoms with E-state index in [1.807, 2.05) is 12.1 Å². The van der Waals surface area contributed by atoms with Crippen molar-refractivity contribution in [3.05, 3.63) is 33.8 Å². The van der Waals surface area contributed by atoms with Crippen LogP contribution in [-0.4, -0.2) is 57.1 Å². The summed E-state index contributed by atoms with van der Waals surface area (Å²) >= 11 is 3.52. The molecule has 0 N–H and O–H groups in total. The molecule has 0 unspecified atom stereocenters. The smallest absolute Gasteiger partial charge is 0.337 e. The van der Waals surface area contributed by atoms with Crippen LogP contribution in [0.5, 0.6) is 0 Å². The number of hydrogen-bond donors (Lipinski definition) is 0. The van der Waals surface area contributed by atoms with E-state index in [9.17, 15) is 4.79 Å². The Hall–Kier alpha value is -0.910. The number of rotatable bonds is 7. The second-order valence-electron chi connectivity index (χ2n) is 5.19. The molecule has 0 amide bonds. The number of carbonyl (C=O) groups excluding carboxylic acids is 1. The Morgan fingerprint density at radius 2 is 1.95 bits per heavy atom. The van der Waals surface area contributed by atoms with Crippen LogP contribution in [0.25, 0.3) is 0 Å². The predicted octanol–water partition coefficient (Wildman–Crippen LogP) is 2.62. The third kappa shape index (κ3) is 5.61. The van der Waals surface area contributed by atoms with Crippen molar-refractivity contribution in [3.63, 3.8) is 0 Å². The van der Waals surface area contributed by atoms with E-state index in [0.29, 0.717) is 5.56 Å².